The van der Waals surface area contributed by atoms with Gasteiger partial charge >= 0.3 is 18.3 Å². The topological polar surface area (TPSA) is 68.0 Å². The van der Waals surface area contributed by atoms with Gasteiger partial charge in [0.2, 0.25) is 5.69 Å². The molecule has 1 aromatic rings. The summed E-state index contributed by atoms with van der Waals surface area (Å²) in [4.78, 5) is 10.4. The quantitative estimate of drug-likeness (QED) is 0.857. The number of halogens is 6. The van der Waals surface area contributed by atoms with E-state index in [4.69, 9.17) is 5.11 Å². The molecule has 0 unspecified atom stereocenters. The number of carboxylic acids is 1. The predicted octanol–water partition coefficient (Wildman–Crippen LogP) is 1.95. The Morgan fingerprint density at radius 1 is 1.22 bits per heavy atom. The highest BCUT2D eigenvalue weighted by molar-refractivity contribution is 5.86. The Labute approximate surface area is 95.0 Å². The molecule has 1 N–H and O–H groups in total. The third-order valence-corrected chi connectivity index (χ3v) is 1.81. The summed E-state index contributed by atoms with van der Waals surface area (Å²) in [7, 11) is 0. The lowest BCUT2D eigenvalue weighted by molar-refractivity contribution is -0.151. The summed E-state index contributed by atoms with van der Waals surface area (Å²) < 4.78 is 72.9. The summed E-state index contributed by atoms with van der Waals surface area (Å²) in [6.07, 6.45) is -11.4. The van der Waals surface area contributed by atoms with E-state index < -0.39 is 42.7 Å². The first kappa shape index (κ1) is 14.3. The van der Waals surface area contributed by atoms with Gasteiger partial charge in [0.25, 0.3) is 0 Å². The first-order valence-electron chi connectivity index (χ1n) is 4.33. The van der Waals surface area contributed by atoms with Crippen LogP contribution in [0.3, 0.4) is 0 Å². The van der Waals surface area contributed by atoms with Gasteiger partial charge in [-0.05, 0) is 0 Å². The van der Waals surface area contributed by atoms with Crippen LogP contribution in [0, 0.1) is 0 Å². The molecule has 0 aromatic carbocycles. The second-order valence-electron chi connectivity index (χ2n) is 3.18. The third-order valence-electron chi connectivity index (χ3n) is 1.81. The molecule has 5 nitrogen and oxygen atoms in total. The maximum Gasteiger partial charge on any atom is 0.435 e. The summed E-state index contributed by atoms with van der Waals surface area (Å²) in [6.45, 7) is -1.15. The van der Waals surface area contributed by atoms with E-state index in [1.165, 1.54) is 0 Å². The number of rotatable bonds is 3. The molecule has 0 spiro atoms. The zero-order valence-electron chi connectivity index (χ0n) is 8.38. The van der Waals surface area contributed by atoms with E-state index in [0.717, 1.165) is 0 Å². The summed E-state index contributed by atoms with van der Waals surface area (Å²) >= 11 is 0. The number of aromatic nitrogens is 3. The number of aryl methyl sites for hydroxylation is 1. The molecule has 0 atom stereocenters. The lowest BCUT2D eigenvalue weighted by atomic mass is 10.3. The number of aromatic carboxylic acids is 1. The van der Waals surface area contributed by atoms with Crippen molar-refractivity contribution in [3.8, 4) is 0 Å². The number of carbonyl (C=O) groups is 1. The van der Waals surface area contributed by atoms with Crippen molar-refractivity contribution >= 4 is 5.97 Å². The molecule has 0 radical (unpaired) electrons. The molecule has 0 amide bonds. The summed E-state index contributed by atoms with van der Waals surface area (Å²) in [5.41, 5.74) is -3.23. The van der Waals surface area contributed by atoms with Gasteiger partial charge in [0, 0.05) is 0 Å². The van der Waals surface area contributed by atoms with Crippen LogP contribution in [0.2, 0.25) is 0 Å². The molecule has 1 aromatic heterocycles. The average molecular weight is 277 g/mol. The SMILES string of the molecule is O=C(O)c1nnn(CCC(F)(F)F)c1C(F)(F)F. The van der Waals surface area contributed by atoms with Crippen molar-refractivity contribution in [2.24, 2.45) is 0 Å². The van der Waals surface area contributed by atoms with Gasteiger partial charge in [-0.2, -0.15) is 26.3 Å². The van der Waals surface area contributed by atoms with Gasteiger partial charge in [-0.15, -0.1) is 5.10 Å². The molecule has 0 aliphatic carbocycles. The molecule has 0 fully saturated rings. The van der Waals surface area contributed by atoms with Crippen LogP contribution in [0.15, 0.2) is 0 Å². The van der Waals surface area contributed by atoms with Crippen LogP contribution in [0.25, 0.3) is 0 Å². The van der Waals surface area contributed by atoms with Gasteiger partial charge in [0.15, 0.2) is 5.69 Å². The van der Waals surface area contributed by atoms with Crippen molar-refractivity contribution in [2.45, 2.75) is 25.3 Å². The molecule has 0 saturated carbocycles. The molecule has 102 valence electrons. The molecule has 18 heavy (non-hydrogen) atoms. The van der Waals surface area contributed by atoms with Crippen molar-refractivity contribution in [1.29, 1.82) is 0 Å². The highest BCUT2D eigenvalue weighted by Gasteiger charge is 2.42. The van der Waals surface area contributed by atoms with E-state index in [0.29, 0.717) is 0 Å². The molecule has 1 heterocycles. The normalized spacial score (nSPS) is 12.8. The Balaban J connectivity index is 3.10. The van der Waals surface area contributed by atoms with E-state index in [2.05, 4.69) is 10.3 Å². The third kappa shape index (κ3) is 3.34. The molecule has 0 bridgehead atoms. The van der Waals surface area contributed by atoms with Gasteiger partial charge in [-0.25, -0.2) is 9.48 Å². The molecule has 1 rings (SSSR count). The first-order chi connectivity index (χ1) is 8.02. The van der Waals surface area contributed by atoms with Crippen molar-refractivity contribution in [3.05, 3.63) is 11.4 Å². The highest BCUT2D eigenvalue weighted by Crippen LogP contribution is 2.32. The Hall–Kier alpha value is -1.81. The van der Waals surface area contributed by atoms with Crippen LogP contribution in [-0.4, -0.2) is 32.2 Å². The fourth-order valence-corrected chi connectivity index (χ4v) is 1.13. The Kier molecular flexibility index (Phi) is 3.53. The van der Waals surface area contributed by atoms with Crippen molar-refractivity contribution in [1.82, 2.24) is 15.0 Å². The van der Waals surface area contributed by atoms with E-state index in [1.54, 1.807) is 0 Å². The second kappa shape index (κ2) is 4.46. The standard InChI is InChI=1S/C7H5F6N3O2/c8-6(9,10)1-2-16-4(7(11,12)13)3(5(17)18)14-15-16/h1-2H2,(H,17,18). The lowest BCUT2D eigenvalue weighted by Gasteiger charge is -2.11. The second-order valence-corrected chi connectivity index (χ2v) is 3.18. The van der Waals surface area contributed by atoms with Gasteiger partial charge in [-0.3, -0.25) is 0 Å². The summed E-state index contributed by atoms with van der Waals surface area (Å²) in [6, 6.07) is 0. The summed E-state index contributed by atoms with van der Waals surface area (Å²) in [5.74, 6) is -2.01. The Bertz CT molecular complexity index is 449. The van der Waals surface area contributed by atoms with Crippen LogP contribution in [-0.2, 0) is 12.7 Å². The van der Waals surface area contributed by atoms with Crippen LogP contribution >= 0.6 is 0 Å². The number of nitrogens with zero attached hydrogens (tertiary/aromatic N) is 3. The highest BCUT2D eigenvalue weighted by atomic mass is 19.4. The number of alkyl halides is 6. The molecular weight excluding hydrogens is 272 g/mol. The van der Waals surface area contributed by atoms with Gasteiger partial charge in [-0.1, -0.05) is 5.21 Å². The van der Waals surface area contributed by atoms with E-state index in [1.807, 2.05) is 0 Å². The molecule has 0 aliphatic heterocycles. The smallest absolute Gasteiger partial charge is 0.435 e. The van der Waals surface area contributed by atoms with E-state index >= 15 is 0 Å². The van der Waals surface area contributed by atoms with Crippen LogP contribution in [0.1, 0.15) is 22.6 Å². The molecule has 11 heteroatoms. The maximum atomic E-state index is 12.5. The lowest BCUT2D eigenvalue weighted by Crippen LogP contribution is -2.21. The largest absolute Gasteiger partial charge is 0.476 e. The number of hydrogen-bond acceptors (Lipinski definition) is 3. The molecular formula is C7H5F6N3O2. The fourth-order valence-electron chi connectivity index (χ4n) is 1.13. The Morgan fingerprint density at radius 2 is 1.78 bits per heavy atom. The summed E-state index contributed by atoms with van der Waals surface area (Å²) in [5, 5.41) is 13.9. The van der Waals surface area contributed by atoms with Gasteiger partial charge in [0.05, 0.1) is 13.0 Å². The van der Waals surface area contributed by atoms with Crippen molar-refractivity contribution in [3.63, 3.8) is 0 Å². The zero-order valence-corrected chi connectivity index (χ0v) is 8.38. The minimum absolute atomic E-state index is 0.114. The average Bonchev–Trinajstić information content (AvgIpc) is 2.56. The van der Waals surface area contributed by atoms with Crippen LogP contribution in [0.4, 0.5) is 26.3 Å². The fraction of sp³-hybridized carbons (Fsp3) is 0.571. The van der Waals surface area contributed by atoms with Crippen molar-refractivity contribution < 1.29 is 36.2 Å². The number of carboxylic acid groups (broad SMARTS) is 1. The van der Waals surface area contributed by atoms with Crippen LogP contribution in [0.5, 0.6) is 0 Å². The van der Waals surface area contributed by atoms with Crippen LogP contribution < -0.4 is 0 Å². The molecule has 0 aliphatic rings. The molecule has 0 saturated heterocycles. The monoisotopic (exact) mass is 277 g/mol. The minimum atomic E-state index is -5.15. The Morgan fingerprint density at radius 3 is 2.17 bits per heavy atom. The zero-order chi connectivity index (χ0) is 14.1. The van der Waals surface area contributed by atoms with Gasteiger partial charge < -0.3 is 5.11 Å². The van der Waals surface area contributed by atoms with Gasteiger partial charge in [0.1, 0.15) is 0 Å². The maximum absolute atomic E-state index is 12.5. The first-order valence-corrected chi connectivity index (χ1v) is 4.33. The van der Waals surface area contributed by atoms with Crippen molar-refractivity contribution in [2.75, 3.05) is 0 Å². The number of hydrogen-bond donors (Lipinski definition) is 1. The predicted molar refractivity (Wildman–Crippen MR) is 42.7 cm³/mol. The minimum Gasteiger partial charge on any atom is -0.476 e. The van der Waals surface area contributed by atoms with E-state index in [9.17, 15) is 31.1 Å². The van der Waals surface area contributed by atoms with E-state index in [-0.39, 0.29) is 4.68 Å².